The Bertz CT molecular complexity index is 476. The Morgan fingerprint density at radius 3 is 3.11 bits per heavy atom. The molecular formula is C15H18N2O. The van der Waals surface area contributed by atoms with Gasteiger partial charge in [0.1, 0.15) is 0 Å². The number of nitrogens with one attached hydrogen (secondary N) is 1. The zero-order chi connectivity index (χ0) is 13.0. The molecule has 1 unspecified atom stereocenters. The Kier molecular flexibility index (Phi) is 4.01. The predicted octanol–water partition coefficient (Wildman–Crippen LogP) is 1.36. The van der Waals surface area contributed by atoms with Crippen molar-refractivity contribution in [3.63, 3.8) is 0 Å². The van der Waals surface area contributed by atoms with Crippen LogP contribution in [-0.4, -0.2) is 30.9 Å². The van der Waals surface area contributed by atoms with E-state index in [-0.39, 0.29) is 11.9 Å². The van der Waals surface area contributed by atoms with Gasteiger partial charge in [0.2, 0.25) is 5.91 Å². The number of likely N-dealkylation sites (N-methyl/N-ethyl adjacent to an activating group) is 1. The van der Waals surface area contributed by atoms with Crippen LogP contribution in [0.2, 0.25) is 0 Å². The van der Waals surface area contributed by atoms with Gasteiger partial charge >= 0.3 is 0 Å². The summed E-state index contributed by atoms with van der Waals surface area (Å²) in [5.41, 5.74) is 2.64. The summed E-state index contributed by atoms with van der Waals surface area (Å²) in [5, 5.41) is 2.94. The summed E-state index contributed by atoms with van der Waals surface area (Å²) >= 11 is 0. The molecule has 0 heterocycles. The minimum Gasteiger partial charge on any atom is -0.338 e. The van der Waals surface area contributed by atoms with Gasteiger partial charge in [0.15, 0.2) is 0 Å². The Balaban J connectivity index is 2.01. The Morgan fingerprint density at radius 1 is 1.56 bits per heavy atom. The van der Waals surface area contributed by atoms with Gasteiger partial charge in [0.25, 0.3) is 0 Å². The number of rotatable bonds is 4. The summed E-state index contributed by atoms with van der Waals surface area (Å²) in [6, 6.07) is 8.56. The van der Waals surface area contributed by atoms with Crippen molar-refractivity contribution in [3.8, 4) is 12.3 Å². The average molecular weight is 242 g/mol. The number of nitrogens with zero attached hydrogens (tertiary/aromatic N) is 1. The summed E-state index contributed by atoms with van der Waals surface area (Å²) in [6.07, 6.45) is 7.20. The SMILES string of the molecule is C#CCNCC(=O)N(C)C1CCc2ccccc21. The molecule has 1 aliphatic rings. The van der Waals surface area contributed by atoms with Crippen molar-refractivity contribution in [2.45, 2.75) is 18.9 Å². The van der Waals surface area contributed by atoms with E-state index in [2.05, 4.69) is 29.4 Å². The molecule has 1 amide bonds. The first-order valence-electron chi connectivity index (χ1n) is 6.21. The monoisotopic (exact) mass is 242 g/mol. The van der Waals surface area contributed by atoms with Gasteiger partial charge in [-0.1, -0.05) is 30.2 Å². The normalized spacial score (nSPS) is 17.0. The van der Waals surface area contributed by atoms with Crippen molar-refractivity contribution in [1.29, 1.82) is 0 Å². The van der Waals surface area contributed by atoms with Gasteiger partial charge in [-0.05, 0) is 24.0 Å². The number of aryl methyl sites for hydroxylation is 1. The molecule has 1 aromatic rings. The number of carbonyl (C=O) groups excluding carboxylic acids is 1. The molecule has 0 saturated carbocycles. The van der Waals surface area contributed by atoms with Crippen molar-refractivity contribution in [2.24, 2.45) is 0 Å². The Hall–Kier alpha value is -1.79. The fourth-order valence-corrected chi connectivity index (χ4v) is 2.48. The smallest absolute Gasteiger partial charge is 0.236 e. The highest BCUT2D eigenvalue weighted by Gasteiger charge is 2.27. The largest absolute Gasteiger partial charge is 0.338 e. The highest BCUT2D eigenvalue weighted by Crippen LogP contribution is 2.34. The maximum Gasteiger partial charge on any atom is 0.236 e. The van der Waals surface area contributed by atoms with Gasteiger partial charge in [-0.15, -0.1) is 6.42 Å². The molecule has 0 bridgehead atoms. The van der Waals surface area contributed by atoms with Gasteiger partial charge in [-0.3, -0.25) is 10.1 Å². The number of carbonyl (C=O) groups is 1. The molecule has 0 radical (unpaired) electrons. The molecule has 0 saturated heterocycles. The molecule has 0 spiro atoms. The topological polar surface area (TPSA) is 32.3 Å². The third kappa shape index (κ3) is 2.55. The lowest BCUT2D eigenvalue weighted by atomic mass is 10.1. The van der Waals surface area contributed by atoms with E-state index >= 15 is 0 Å². The fraction of sp³-hybridized carbons (Fsp3) is 0.400. The second kappa shape index (κ2) is 5.70. The second-order valence-corrected chi connectivity index (χ2v) is 4.57. The molecule has 3 nitrogen and oxygen atoms in total. The van der Waals surface area contributed by atoms with Gasteiger partial charge in [-0.25, -0.2) is 0 Å². The molecule has 1 aromatic carbocycles. The molecule has 0 aromatic heterocycles. The van der Waals surface area contributed by atoms with E-state index in [1.165, 1.54) is 11.1 Å². The number of hydrogen-bond donors (Lipinski definition) is 1. The fourth-order valence-electron chi connectivity index (χ4n) is 2.48. The Labute approximate surface area is 108 Å². The summed E-state index contributed by atoms with van der Waals surface area (Å²) in [5.74, 6) is 2.56. The molecule has 94 valence electrons. The number of benzene rings is 1. The van der Waals surface area contributed by atoms with Crippen molar-refractivity contribution >= 4 is 5.91 Å². The quantitative estimate of drug-likeness (QED) is 0.638. The lowest BCUT2D eigenvalue weighted by Crippen LogP contribution is -2.37. The number of fused-ring (bicyclic) bond motifs is 1. The molecule has 2 rings (SSSR count). The van der Waals surface area contributed by atoms with Crippen LogP contribution in [0.3, 0.4) is 0 Å². The van der Waals surface area contributed by atoms with Crippen LogP contribution in [0, 0.1) is 12.3 Å². The predicted molar refractivity (Wildman–Crippen MR) is 72.0 cm³/mol. The Morgan fingerprint density at radius 2 is 2.33 bits per heavy atom. The van der Waals surface area contributed by atoms with E-state index < -0.39 is 0 Å². The number of amides is 1. The number of terminal acetylenes is 1. The van der Waals surface area contributed by atoms with E-state index in [1.54, 1.807) is 0 Å². The van der Waals surface area contributed by atoms with Gasteiger partial charge in [-0.2, -0.15) is 0 Å². The lowest BCUT2D eigenvalue weighted by molar-refractivity contribution is -0.131. The van der Waals surface area contributed by atoms with Crippen LogP contribution in [-0.2, 0) is 11.2 Å². The second-order valence-electron chi connectivity index (χ2n) is 4.57. The minimum atomic E-state index is 0.0898. The lowest BCUT2D eigenvalue weighted by Gasteiger charge is -2.25. The molecule has 1 atom stereocenters. The van der Waals surface area contributed by atoms with Crippen molar-refractivity contribution in [2.75, 3.05) is 20.1 Å². The molecular weight excluding hydrogens is 224 g/mol. The number of hydrogen-bond acceptors (Lipinski definition) is 2. The summed E-state index contributed by atoms with van der Waals surface area (Å²) < 4.78 is 0. The van der Waals surface area contributed by atoms with Gasteiger partial charge in [0, 0.05) is 7.05 Å². The summed E-state index contributed by atoms with van der Waals surface area (Å²) in [4.78, 5) is 13.8. The van der Waals surface area contributed by atoms with E-state index in [0.29, 0.717) is 13.1 Å². The minimum absolute atomic E-state index is 0.0898. The van der Waals surface area contributed by atoms with Crippen LogP contribution in [0.5, 0.6) is 0 Å². The maximum atomic E-state index is 12.0. The van der Waals surface area contributed by atoms with Crippen LogP contribution in [0.15, 0.2) is 24.3 Å². The van der Waals surface area contributed by atoms with Crippen molar-refractivity contribution < 1.29 is 4.79 Å². The third-order valence-electron chi connectivity index (χ3n) is 3.47. The molecule has 3 heteroatoms. The maximum absolute atomic E-state index is 12.0. The van der Waals surface area contributed by atoms with Crippen LogP contribution in [0.25, 0.3) is 0 Å². The summed E-state index contributed by atoms with van der Waals surface area (Å²) in [7, 11) is 1.87. The molecule has 0 aliphatic heterocycles. The van der Waals surface area contributed by atoms with Gasteiger partial charge < -0.3 is 4.90 Å². The first-order chi connectivity index (χ1) is 8.74. The van der Waals surface area contributed by atoms with Crippen molar-refractivity contribution in [3.05, 3.63) is 35.4 Å². The van der Waals surface area contributed by atoms with Crippen LogP contribution in [0.1, 0.15) is 23.6 Å². The van der Waals surface area contributed by atoms with Crippen LogP contribution < -0.4 is 5.32 Å². The third-order valence-corrected chi connectivity index (χ3v) is 3.47. The average Bonchev–Trinajstić information content (AvgIpc) is 2.82. The highest BCUT2D eigenvalue weighted by atomic mass is 16.2. The zero-order valence-corrected chi connectivity index (χ0v) is 10.6. The van der Waals surface area contributed by atoms with Crippen LogP contribution in [0.4, 0.5) is 0 Å². The molecule has 1 N–H and O–H groups in total. The summed E-state index contributed by atoms with van der Waals surface area (Å²) in [6.45, 7) is 0.736. The standard InChI is InChI=1S/C15H18N2O/c1-3-10-16-11-15(18)17(2)14-9-8-12-6-4-5-7-13(12)14/h1,4-7,14,16H,8-11H2,2H3. The van der Waals surface area contributed by atoms with E-state index in [9.17, 15) is 4.79 Å². The first kappa shape index (κ1) is 12.7. The first-order valence-corrected chi connectivity index (χ1v) is 6.21. The molecule has 0 fully saturated rings. The van der Waals surface area contributed by atoms with Crippen LogP contribution >= 0.6 is 0 Å². The van der Waals surface area contributed by atoms with E-state index in [1.807, 2.05) is 18.0 Å². The zero-order valence-electron chi connectivity index (χ0n) is 10.6. The molecule has 1 aliphatic carbocycles. The molecule has 18 heavy (non-hydrogen) atoms. The van der Waals surface area contributed by atoms with E-state index in [4.69, 9.17) is 6.42 Å². The van der Waals surface area contributed by atoms with Gasteiger partial charge in [0.05, 0.1) is 19.1 Å². The highest BCUT2D eigenvalue weighted by molar-refractivity contribution is 5.78. The van der Waals surface area contributed by atoms with Crippen molar-refractivity contribution in [1.82, 2.24) is 10.2 Å². The van der Waals surface area contributed by atoms with E-state index in [0.717, 1.165) is 12.8 Å².